The number of carbonyl (C=O) groups excluding carboxylic acids is 2. The van der Waals surface area contributed by atoms with Gasteiger partial charge in [0.1, 0.15) is 17.4 Å². The van der Waals surface area contributed by atoms with Gasteiger partial charge in [0.25, 0.3) is 0 Å². The van der Waals surface area contributed by atoms with Crippen LogP contribution in [0.5, 0.6) is 5.75 Å². The SMILES string of the molecule is CCc1ccc2c(c1)c(=O)oc1c2ccc2c(OC(=O)C(C)(C)C)ccc([C@H]3CC(=O)[C@@H](CO)O3)c21. The van der Waals surface area contributed by atoms with Crippen LogP contribution in [0.4, 0.5) is 0 Å². The van der Waals surface area contributed by atoms with E-state index in [9.17, 15) is 19.5 Å². The van der Waals surface area contributed by atoms with Gasteiger partial charge in [-0.05, 0) is 68.0 Å². The second kappa shape index (κ2) is 8.84. The summed E-state index contributed by atoms with van der Waals surface area (Å²) in [5, 5.41) is 12.6. The Morgan fingerprint density at radius 3 is 2.42 bits per heavy atom. The summed E-state index contributed by atoms with van der Waals surface area (Å²) in [6, 6.07) is 12.8. The van der Waals surface area contributed by atoms with Gasteiger partial charge in [0.2, 0.25) is 0 Å². The average molecular weight is 489 g/mol. The normalized spacial score (nSPS) is 18.4. The maximum atomic E-state index is 13.1. The van der Waals surface area contributed by atoms with Gasteiger partial charge in [0.05, 0.1) is 23.5 Å². The van der Waals surface area contributed by atoms with Crippen molar-refractivity contribution in [2.24, 2.45) is 5.41 Å². The molecule has 0 saturated carbocycles. The van der Waals surface area contributed by atoms with Gasteiger partial charge < -0.3 is 19.0 Å². The van der Waals surface area contributed by atoms with Crippen LogP contribution >= 0.6 is 0 Å². The Bertz CT molecular complexity index is 1590. The van der Waals surface area contributed by atoms with Crippen molar-refractivity contribution >= 4 is 44.3 Å². The minimum Gasteiger partial charge on any atom is -0.425 e. The van der Waals surface area contributed by atoms with Crippen LogP contribution in [0.25, 0.3) is 32.5 Å². The number of rotatable bonds is 4. The molecular weight excluding hydrogens is 460 g/mol. The number of aryl methyl sites for hydroxylation is 1. The molecular formula is C29H28O7. The van der Waals surface area contributed by atoms with Crippen LogP contribution in [0, 0.1) is 5.41 Å². The largest absolute Gasteiger partial charge is 0.425 e. The zero-order valence-corrected chi connectivity index (χ0v) is 20.7. The third-order valence-electron chi connectivity index (χ3n) is 6.73. The summed E-state index contributed by atoms with van der Waals surface area (Å²) in [5.74, 6) is -0.280. The summed E-state index contributed by atoms with van der Waals surface area (Å²) in [6.07, 6.45) is -0.677. The van der Waals surface area contributed by atoms with E-state index in [1.807, 2.05) is 37.3 Å². The Labute approximate surface area is 207 Å². The van der Waals surface area contributed by atoms with Gasteiger partial charge in [0.15, 0.2) is 5.78 Å². The molecule has 7 heteroatoms. The Morgan fingerprint density at radius 2 is 1.75 bits per heavy atom. The van der Waals surface area contributed by atoms with E-state index in [1.54, 1.807) is 32.9 Å². The van der Waals surface area contributed by atoms with E-state index >= 15 is 0 Å². The van der Waals surface area contributed by atoms with Crippen LogP contribution in [0.1, 0.15) is 51.3 Å². The van der Waals surface area contributed by atoms with Gasteiger partial charge in [-0.25, -0.2) is 4.79 Å². The Balaban J connectivity index is 1.82. The van der Waals surface area contributed by atoms with Gasteiger partial charge >= 0.3 is 11.6 Å². The van der Waals surface area contributed by atoms with Gasteiger partial charge in [-0.2, -0.15) is 0 Å². The number of ether oxygens (including phenoxy) is 2. The zero-order valence-electron chi connectivity index (χ0n) is 20.7. The molecule has 1 N–H and O–H groups in total. The number of Topliss-reactive ketones (excluding diaryl/α,β-unsaturated/α-hetero) is 1. The van der Waals surface area contributed by atoms with Crippen LogP contribution < -0.4 is 10.4 Å². The Hall–Kier alpha value is -3.55. The molecule has 0 spiro atoms. The maximum Gasteiger partial charge on any atom is 0.344 e. The van der Waals surface area contributed by atoms with Crippen LogP contribution in [-0.2, 0) is 20.7 Å². The van der Waals surface area contributed by atoms with Gasteiger partial charge in [0, 0.05) is 22.6 Å². The first kappa shape index (κ1) is 24.2. The smallest absolute Gasteiger partial charge is 0.344 e. The number of carbonyl (C=O) groups is 2. The molecule has 0 radical (unpaired) electrons. The Kier molecular flexibility index (Phi) is 5.93. The van der Waals surface area contributed by atoms with Crippen molar-refractivity contribution in [1.82, 2.24) is 0 Å². The first-order valence-corrected chi connectivity index (χ1v) is 12.1. The fraction of sp³-hybridized carbons (Fsp3) is 0.345. The van der Waals surface area contributed by atoms with Crippen molar-refractivity contribution in [3.8, 4) is 5.75 Å². The summed E-state index contributed by atoms with van der Waals surface area (Å²) < 4.78 is 17.5. The predicted octanol–water partition coefficient (Wildman–Crippen LogP) is 5.00. The molecule has 1 aliphatic heterocycles. The molecule has 1 fully saturated rings. The van der Waals surface area contributed by atoms with E-state index < -0.39 is 35.8 Å². The van der Waals surface area contributed by atoms with Crippen molar-refractivity contribution < 1.29 is 28.6 Å². The van der Waals surface area contributed by atoms with E-state index in [-0.39, 0.29) is 12.2 Å². The van der Waals surface area contributed by atoms with Crippen LogP contribution in [0.2, 0.25) is 0 Å². The molecule has 36 heavy (non-hydrogen) atoms. The third kappa shape index (κ3) is 3.98. The molecule has 0 bridgehead atoms. The molecule has 1 saturated heterocycles. The lowest BCUT2D eigenvalue weighted by atomic mass is 9.94. The van der Waals surface area contributed by atoms with E-state index in [4.69, 9.17) is 13.9 Å². The third-order valence-corrected chi connectivity index (χ3v) is 6.73. The van der Waals surface area contributed by atoms with Crippen molar-refractivity contribution in [1.29, 1.82) is 0 Å². The number of benzene rings is 3. The topological polar surface area (TPSA) is 103 Å². The second-order valence-corrected chi connectivity index (χ2v) is 10.2. The summed E-state index contributed by atoms with van der Waals surface area (Å²) in [5.41, 5.74) is 0.793. The zero-order chi connectivity index (χ0) is 25.8. The minimum absolute atomic E-state index is 0.0789. The van der Waals surface area contributed by atoms with Crippen molar-refractivity contribution in [3.63, 3.8) is 0 Å². The lowest BCUT2D eigenvalue weighted by Crippen LogP contribution is -2.25. The molecule has 2 atom stereocenters. The fourth-order valence-electron chi connectivity index (χ4n) is 4.67. The first-order valence-electron chi connectivity index (χ1n) is 12.1. The predicted molar refractivity (Wildman–Crippen MR) is 136 cm³/mol. The Morgan fingerprint density at radius 1 is 1.03 bits per heavy atom. The number of hydrogen-bond donors (Lipinski definition) is 1. The molecule has 1 aromatic heterocycles. The number of aliphatic hydroxyl groups excluding tert-OH is 1. The number of hydrogen-bond acceptors (Lipinski definition) is 7. The molecule has 186 valence electrons. The van der Waals surface area contributed by atoms with Crippen LogP contribution in [0.15, 0.2) is 51.7 Å². The van der Waals surface area contributed by atoms with Crippen LogP contribution in [0.3, 0.4) is 0 Å². The highest BCUT2D eigenvalue weighted by molar-refractivity contribution is 6.16. The molecule has 0 amide bonds. The summed E-state index contributed by atoms with van der Waals surface area (Å²) in [6.45, 7) is 6.92. The van der Waals surface area contributed by atoms with Crippen molar-refractivity contribution in [2.45, 2.75) is 52.7 Å². The van der Waals surface area contributed by atoms with Gasteiger partial charge in [-0.3, -0.25) is 9.59 Å². The number of fused-ring (bicyclic) bond motifs is 5. The van der Waals surface area contributed by atoms with Gasteiger partial charge in [-0.1, -0.05) is 25.1 Å². The van der Waals surface area contributed by atoms with E-state index in [1.165, 1.54) is 0 Å². The van der Waals surface area contributed by atoms with Crippen LogP contribution in [-0.4, -0.2) is 29.6 Å². The highest BCUT2D eigenvalue weighted by Crippen LogP contribution is 2.42. The highest BCUT2D eigenvalue weighted by atomic mass is 16.5. The lowest BCUT2D eigenvalue weighted by molar-refractivity contribution is -0.142. The average Bonchev–Trinajstić information content (AvgIpc) is 3.23. The minimum atomic E-state index is -0.904. The van der Waals surface area contributed by atoms with Gasteiger partial charge in [-0.15, -0.1) is 0 Å². The van der Waals surface area contributed by atoms with Crippen molar-refractivity contribution in [3.05, 3.63) is 64.0 Å². The molecule has 2 heterocycles. The second-order valence-electron chi connectivity index (χ2n) is 10.2. The number of ketones is 1. The molecule has 1 aliphatic rings. The number of esters is 1. The summed E-state index contributed by atoms with van der Waals surface area (Å²) in [4.78, 5) is 38.2. The fourth-order valence-corrected chi connectivity index (χ4v) is 4.67. The maximum absolute atomic E-state index is 13.1. The number of aliphatic hydroxyl groups is 1. The van der Waals surface area contributed by atoms with E-state index in [0.717, 1.165) is 22.8 Å². The monoisotopic (exact) mass is 488 g/mol. The highest BCUT2D eigenvalue weighted by Gasteiger charge is 2.35. The molecule has 3 aromatic carbocycles. The first-order chi connectivity index (χ1) is 17.1. The lowest BCUT2D eigenvalue weighted by Gasteiger charge is -2.20. The summed E-state index contributed by atoms with van der Waals surface area (Å²) >= 11 is 0. The molecule has 0 unspecified atom stereocenters. The molecule has 5 rings (SSSR count). The van der Waals surface area contributed by atoms with E-state index in [2.05, 4.69) is 0 Å². The summed E-state index contributed by atoms with van der Waals surface area (Å²) in [7, 11) is 0. The molecule has 7 nitrogen and oxygen atoms in total. The van der Waals surface area contributed by atoms with E-state index in [0.29, 0.717) is 33.1 Å². The van der Waals surface area contributed by atoms with Crippen molar-refractivity contribution in [2.75, 3.05) is 6.61 Å². The molecule has 0 aliphatic carbocycles. The quantitative estimate of drug-likeness (QED) is 0.187. The standard InChI is InChI=1S/C29H28O7/c1-5-15-6-7-16-17-8-9-18-22(35-28(33)29(2,3)4)11-10-19(23-13-21(31)24(14-30)34-23)25(18)26(17)36-27(32)20(16)12-15/h6-12,23-24,30H,5,13-14H2,1-4H3/t23-,24-/m1/s1. The molecule has 4 aromatic rings.